The van der Waals surface area contributed by atoms with Gasteiger partial charge in [-0.3, -0.25) is 4.79 Å². The fourth-order valence-electron chi connectivity index (χ4n) is 2.43. The van der Waals surface area contributed by atoms with E-state index in [1.165, 1.54) is 26.0 Å². The highest BCUT2D eigenvalue weighted by Gasteiger charge is 2.24. The van der Waals surface area contributed by atoms with Crippen molar-refractivity contribution in [1.82, 2.24) is 5.32 Å². The summed E-state index contributed by atoms with van der Waals surface area (Å²) in [5.74, 6) is 0.803. The molecular weight excluding hydrogens is 407 g/mol. The molecule has 0 radical (unpaired) electrons. The minimum Gasteiger partial charge on any atom is -0.493 e. The van der Waals surface area contributed by atoms with E-state index in [1.807, 2.05) is 19.1 Å². The Bertz CT molecular complexity index is 974. The van der Waals surface area contributed by atoms with Crippen molar-refractivity contribution in [1.29, 1.82) is 0 Å². The summed E-state index contributed by atoms with van der Waals surface area (Å²) < 4.78 is 10.5. The topological polar surface area (TPSA) is 59.9 Å². The maximum atomic E-state index is 12.3. The number of nitrogens with zero attached hydrogens (tertiary/aromatic N) is 1. The zero-order valence-corrected chi connectivity index (χ0v) is 17.1. The van der Waals surface area contributed by atoms with Crippen LogP contribution in [0.15, 0.2) is 40.2 Å². The Kier molecular flexibility index (Phi) is 5.99. The van der Waals surface area contributed by atoms with Gasteiger partial charge in [-0.05, 0) is 54.1 Å². The first-order chi connectivity index (χ1) is 12.9. The first-order valence-electron chi connectivity index (χ1n) is 7.89. The third-order valence-electron chi connectivity index (χ3n) is 3.90. The van der Waals surface area contributed by atoms with Crippen molar-refractivity contribution in [3.8, 4) is 11.5 Å². The molecular formula is C19H16Cl2N2O3S. The van der Waals surface area contributed by atoms with Gasteiger partial charge in [0.05, 0.1) is 29.8 Å². The van der Waals surface area contributed by atoms with Gasteiger partial charge in [0, 0.05) is 11.1 Å². The first-order valence-corrected chi connectivity index (χ1v) is 9.46. The minimum atomic E-state index is -0.246. The van der Waals surface area contributed by atoms with Crippen molar-refractivity contribution in [3.05, 3.63) is 56.4 Å². The number of amides is 1. The molecule has 0 atom stereocenters. The molecule has 5 nitrogen and oxygen atoms in total. The van der Waals surface area contributed by atoms with E-state index in [1.54, 1.807) is 24.3 Å². The van der Waals surface area contributed by atoms with E-state index in [9.17, 15) is 4.79 Å². The van der Waals surface area contributed by atoms with Crippen molar-refractivity contribution in [3.63, 3.8) is 0 Å². The van der Waals surface area contributed by atoms with Gasteiger partial charge in [0.1, 0.15) is 0 Å². The average Bonchev–Trinajstić information content (AvgIpc) is 2.99. The maximum absolute atomic E-state index is 12.3. The number of halogens is 2. The van der Waals surface area contributed by atoms with Crippen LogP contribution in [0.5, 0.6) is 11.5 Å². The minimum absolute atomic E-state index is 0.246. The van der Waals surface area contributed by atoms with Crippen LogP contribution >= 0.6 is 35.0 Å². The molecule has 1 N–H and O–H groups in total. The van der Waals surface area contributed by atoms with E-state index in [0.717, 1.165) is 5.56 Å². The quantitative estimate of drug-likeness (QED) is 0.686. The van der Waals surface area contributed by atoms with E-state index in [4.69, 9.17) is 32.7 Å². The normalized spacial score (nSPS) is 16.7. The molecule has 0 unspecified atom stereocenters. The number of thioether (sulfide) groups is 1. The van der Waals surface area contributed by atoms with Crippen molar-refractivity contribution in [2.24, 2.45) is 4.99 Å². The molecule has 1 saturated heterocycles. The van der Waals surface area contributed by atoms with E-state index >= 15 is 0 Å². The lowest BCUT2D eigenvalue weighted by Gasteiger charge is -2.09. The Balaban J connectivity index is 1.92. The number of rotatable bonds is 4. The van der Waals surface area contributed by atoms with Crippen molar-refractivity contribution >= 4 is 57.8 Å². The molecule has 1 aliphatic heterocycles. The molecule has 8 heteroatoms. The molecule has 0 bridgehead atoms. The molecule has 0 aliphatic carbocycles. The molecule has 1 heterocycles. The first kappa shape index (κ1) is 19.6. The van der Waals surface area contributed by atoms with Gasteiger partial charge in [-0.25, -0.2) is 4.99 Å². The van der Waals surface area contributed by atoms with E-state index in [0.29, 0.717) is 42.9 Å². The van der Waals surface area contributed by atoms with Gasteiger partial charge in [0.2, 0.25) is 0 Å². The number of ether oxygens (including phenoxy) is 2. The molecule has 27 heavy (non-hydrogen) atoms. The lowest BCUT2D eigenvalue weighted by molar-refractivity contribution is -0.115. The van der Waals surface area contributed by atoms with Gasteiger partial charge in [-0.1, -0.05) is 29.3 Å². The van der Waals surface area contributed by atoms with Gasteiger partial charge in [-0.15, -0.1) is 0 Å². The highest BCUT2D eigenvalue weighted by Crippen LogP contribution is 2.36. The number of amidine groups is 1. The number of hydrogen-bond acceptors (Lipinski definition) is 5. The second kappa shape index (κ2) is 8.25. The Morgan fingerprint density at radius 1 is 1.11 bits per heavy atom. The van der Waals surface area contributed by atoms with Crippen LogP contribution in [0, 0.1) is 6.92 Å². The van der Waals surface area contributed by atoms with Crippen molar-refractivity contribution in [2.75, 3.05) is 14.2 Å². The summed E-state index contributed by atoms with van der Waals surface area (Å²) in [7, 11) is 3.07. The lowest BCUT2D eigenvalue weighted by atomic mass is 10.2. The monoisotopic (exact) mass is 422 g/mol. The highest BCUT2D eigenvalue weighted by atomic mass is 35.5. The fraction of sp³-hybridized carbons (Fsp3) is 0.158. The number of carbonyl (C=O) groups is 1. The number of carbonyl (C=O) groups excluding carboxylic acids is 1. The summed E-state index contributed by atoms with van der Waals surface area (Å²) in [6, 6.07) is 8.82. The third kappa shape index (κ3) is 4.24. The van der Waals surface area contributed by atoms with Crippen LogP contribution in [0.4, 0.5) is 5.69 Å². The van der Waals surface area contributed by atoms with Crippen molar-refractivity contribution < 1.29 is 14.3 Å². The van der Waals surface area contributed by atoms with Crippen LogP contribution in [-0.2, 0) is 4.79 Å². The van der Waals surface area contributed by atoms with E-state index in [-0.39, 0.29) is 5.91 Å². The van der Waals surface area contributed by atoms with Crippen molar-refractivity contribution in [2.45, 2.75) is 6.92 Å². The number of hydrogen-bond donors (Lipinski definition) is 1. The smallest absolute Gasteiger partial charge is 0.264 e. The Hall–Kier alpha value is -2.15. The Morgan fingerprint density at radius 2 is 1.81 bits per heavy atom. The van der Waals surface area contributed by atoms with Gasteiger partial charge in [-0.2, -0.15) is 0 Å². The molecule has 0 spiro atoms. The summed E-state index contributed by atoms with van der Waals surface area (Å²) in [4.78, 5) is 17.3. The maximum Gasteiger partial charge on any atom is 0.264 e. The molecule has 2 aromatic carbocycles. The molecule has 1 fully saturated rings. The number of aliphatic imine (C=N–C) groups is 1. The van der Waals surface area contributed by atoms with Crippen LogP contribution in [0.2, 0.25) is 10.0 Å². The van der Waals surface area contributed by atoms with Gasteiger partial charge in [0.25, 0.3) is 5.91 Å². The molecule has 3 rings (SSSR count). The Morgan fingerprint density at radius 3 is 2.52 bits per heavy atom. The molecule has 1 aliphatic rings. The summed E-state index contributed by atoms with van der Waals surface area (Å²) in [6.45, 7) is 1.88. The number of methoxy groups -OCH3 is 2. The molecule has 2 aromatic rings. The Labute approximate surface area is 171 Å². The van der Waals surface area contributed by atoms with Crippen LogP contribution in [0.25, 0.3) is 6.08 Å². The van der Waals surface area contributed by atoms with Gasteiger partial charge < -0.3 is 14.8 Å². The van der Waals surface area contributed by atoms with Crippen LogP contribution in [0.1, 0.15) is 11.1 Å². The lowest BCUT2D eigenvalue weighted by Crippen LogP contribution is -2.19. The van der Waals surface area contributed by atoms with Crippen LogP contribution in [0.3, 0.4) is 0 Å². The van der Waals surface area contributed by atoms with Gasteiger partial charge in [0.15, 0.2) is 16.7 Å². The summed E-state index contributed by atoms with van der Waals surface area (Å²) in [5, 5.41) is 4.31. The number of nitrogens with one attached hydrogen (secondary N) is 1. The van der Waals surface area contributed by atoms with E-state index < -0.39 is 0 Å². The predicted octanol–water partition coefficient (Wildman–Crippen LogP) is 5.21. The second-order valence-electron chi connectivity index (χ2n) is 5.59. The molecule has 0 saturated carbocycles. The standard InChI is InChI=1S/C19H16Cl2N2O3S/c1-10-12(20)5-4-6-14(10)22-19-23-18(24)17(27-19)8-11-7-15(25-2)16(26-3)9-13(11)21/h4-9H,1-3H3,(H,22,23,24)/b17-8-. The second-order valence-corrected chi connectivity index (χ2v) is 7.44. The van der Waals surface area contributed by atoms with Gasteiger partial charge >= 0.3 is 0 Å². The zero-order chi connectivity index (χ0) is 19.6. The predicted molar refractivity (Wildman–Crippen MR) is 112 cm³/mol. The SMILES string of the molecule is COc1cc(Cl)c(/C=C2\SC(=Nc3cccc(Cl)c3C)NC2=O)cc1OC. The van der Waals surface area contributed by atoms with E-state index in [2.05, 4.69) is 10.3 Å². The third-order valence-corrected chi connectivity index (χ3v) is 5.55. The average molecular weight is 423 g/mol. The molecule has 1 amide bonds. The van der Waals surface area contributed by atoms with Crippen LogP contribution < -0.4 is 14.8 Å². The zero-order valence-electron chi connectivity index (χ0n) is 14.8. The summed E-state index contributed by atoms with van der Waals surface area (Å²) in [6.07, 6.45) is 1.69. The molecule has 0 aromatic heterocycles. The highest BCUT2D eigenvalue weighted by molar-refractivity contribution is 8.18. The largest absolute Gasteiger partial charge is 0.493 e. The summed E-state index contributed by atoms with van der Waals surface area (Å²) >= 11 is 13.7. The van der Waals surface area contributed by atoms with Crippen LogP contribution in [-0.4, -0.2) is 25.3 Å². The molecule has 140 valence electrons. The number of benzene rings is 2. The fourth-order valence-corrected chi connectivity index (χ4v) is 3.63. The summed E-state index contributed by atoms with van der Waals surface area (Å²) in [5.41, 5.74) is 2.20.